The monoisotopic (exact) mass is 239 g/mol. The molecule has 1 atom stereocenters. The summed E-state index contributed by atoms with van der Waals surface area (Å²) in [5.41, 5.74) is 0. The van der Waals surface area contributed by atoms with Crippen molar-refractivity contribution in [3.63, 3.8) is 0 Å². The van der Waals surface area contributed by atoms with Crippen LogP contribution < -0.4 is 10.1 Å². The summed E-state index contributed by atoms with van der Waals surface area (Å²) in [4.78, 5) is 0. The van der Waals surface area contributed by atoms with E-state index in [9.17, 15) is 4.39 Å². The molecule has 0 saturated carbocycles. The molecule has 1 unspecified atom stereocenters. The van der Waals surface area contributed by atoms with Gasteiger partial charge in [0.25, 0.3) is 0 Å². The van der Waals surface area contributed by atoms with Crippen LogP contribution in [0.15, 0.2) is 24.3 Å². The quantitative estimate of drug-likeness (QED) is 0.789. The highest BCUT2D eigenvalue weighted by molar-refractivity contribution is 5.22. The van der Waals surface area contributed by atoms with Gasteiger partial charge in [-0.25, -0.2) is 4.39 Å². The van der Waals surface area contributed by atoms with Crippen molar-refractivity contribution in [2.75, 3.05) is 19.7 Å². The summed E-state index contributed by atoms with van der Waals surface area (Å²) < 4.78 is 18.4. The van der Waals surface area contributed by atoms with Crippen LogP contribution in [0.2, 0.25) is 0 Å². The summed E-state index contributed by atoms with van der Waals surface area (Å²) in [5, 5.41) is 3.38. The first kappa shape index (κ1) is 14.0. The van der Waals surface area contributed by atoms with Crippen LogP contribution in [0.5, 0.6) is 5.75 Å². The van der Waals surface area contributed by atoms with E-state index in [1.54, 1.807) is 12.1 Å². The first-order chi connectivity index (χ1) is 8.08. The van der Waals surface area contributed by atoms with Crippen molar-refractivity contribution in [1.29, 1.82) is 0 Å². The highest BCUT2D eigenvalue weighted by Crippen LogP contribution is 2.12. The highest BCUT2D eigenvalue weighted by Gasteiger charge is 2.04. The van der Waals surface area contributed by atoms with Gasteiger partial charge in [0.15, 0.2) is 0 Å². The number of halogens is 1. The largest absolute Gasteiger partial charge is 0.493 e. The number of hydrogen-bond donors (Lipinski definition) is 1. The SMILES string of the molecule is CC(C)CNCC(C)COc1cccc(F)c1. The minimum absolute atomic E-state index is 0.256. The Hall–Kier alpha value is -1.09. The van der Waals surface area contributed by atoms with Gasteiger partial charge in [0.2, 0.25) is 0 Å². The average molecular weight is 239 g/mol. The second kappa shape index (κ2) is 7.28. The van der Waals surface area contributed by atoms with Gasteiger partial charge in [-0.2, -0.15) is 0 Å². The molecule has 0 saturated heterocycles. The minimum atomic E-state index is -0.256. The van der Waals surface area contributed by atoms with Crippen LogP contribution in [0.25, 0.3) is 0 Å². The molecule has 0 spiro atoms. The van der Waals surface area contributed by atoms with Gasteiger partial charge in [0, 0.05) is 18.5 Å². The molecule has 0 amide bonds. The summed E-state index contributed by atoms with van der Waals surface area (Å²) >= 11 is 0. The second-order valence-corrected chi connectivity index (χ2v) is 4.93. The van der Waals surface area contributed by atoms with E-state index in [0.717, 1.165) is 13.1 Å². The zero-order valence-electron chi connectivity index (χ0n) is 10.9. The fraction of sp³-hybridized carbons (Fsp3) is 0.571. The lowest BCUT2D eigenvalue weighted by Gasteiger charge is -2.15. The van der Waals surface area contributed by atoms with Gasteiger partial charge in [-0.1, -0.05) is 26.8 Å². The number of nitrogens with one attached hydrogen (secondary N) is 1. The van der Waals surface area contributed by atoms with Crippen molar-refractivity contribution >= 4 is 0 Å². The van der Waals surface area contributed by atoms with Crippen LogP contribution in [-0.2, 0) is 0 Å². The maximum Gasteiger partial charge on any atom is 0.126 e. The first-order valence-electron chi connectivity index (χ1n) is 6.17. The smallest absolute Gasteiger partial charge is 0.126 e. The van der Waals surface area contributed by atoms with Crippen LogP contribution in [0.3, 0.4) is 0 Å². The fourth-order valence-electron chi connectivity index (χ4n) is 1.47. The Morgan fingerprint density at radius 3 is 2.65 bits per heavy atom. The van der Waals surface area contributed by atoms with Gasteiger partial charge in [0.05, 0.1) is 6.61 Å². The van der Waals surface area contributed by atoms with Crippen LogP contribution in [0.4, 0.5) is 4.39 Å². The van der Waals surface area contributed by atoms with Crippen molar-refractivity contribution in [3.05, 3.63) is 30.1 Å². The molecule has 0 radical (unpaired) electrons. The van der Waals surface area contributed by atoms with Gasteiger partial charge in [-0.15, -0.1) is 0 Å². The topological polar surface area (TPSA) is 21.3 Å². The fourth-order valence-corrected chi connectivity index (χ4v) is 1.47. The molecule has 0 fully saturated rings. The van der Waals surface area contributed by atoms with Crippen LogP contribution in [-0.4, -0.2) is 19.7 Å². The molecule has 1 rings (SSSR count). The zero-order chi connectivity index (χ0) is 12.7. The summed E-state index contributed by atoms with van der Waals surface area (Å²) in [6.45, 7) is 9.03. The molecule has 0 bridgehead atoms. The Morgan fingerprint density at radius 1 is 1.24 bits per heavy atom. The average Bonchev–Trinajstić information content (AvgIpc) is 2.26. The normalized spacial score (nSPS) is 12.8. The Bertz CT molecular complexity index is 328. The maximum absolute atomic E-state index is 12.9. The summed E-state index contributed by atoms with van der Waals surface area (Å²) in [6.07, 6.45) is 0. The molecular weight excluding hydrogens is 217 g/mol. The molecule has 96 valence electrons. The maximum atomic E-state index is 12.9. The molecule has 0 aromatic heterocycles. The Kier molecular flexibility index (Phi) is 5.98. The number of benzene rings is 1. The summed E-state index contributed by atoms with van der Waals surface area (Å²) in [7, 11) is 0. The van der Waals surface area contributed by atoms with E-state index in [2.05, 4.69) is 26.1 Å². The van der Waals surface area contributed by atoms with Crippen molar-refractivity contribution in [2.24, 2.45) is 11.8 Å². The minimum Gasteiger partial charge on any atom is -0.493 e. The van der Waals surface area contributed by atoms with Gasteiger partial charge < -0.3 is 10.1 Å². The summed E-state index contributed by atoms with van der Waals surface area (Å²) in [6, 6.07) is 6.26. The zero-order valence-corrected chi connectivity index (χ0v) is 10.9. The van der Waals surface area contributed by atoms with E-state index in [4.69, 9.17) is 4.74 Å². The molecule has 1 N–H and O–H groups in total. The molecule has 0 heterocycles. The predicted octanol–water partition coefficient (Wildman–Crippen LogP) is 3.09. The molecule has 3 heteroatoms. The van der Waals surface area contributed by atoms with Crippen molar-refractivity contribution in [3.8, 4) is 5.75 Å². The molecule has 1 aromatic rings. The van der Waals surface area contributed by atoms with Gasteiger partial charge in [-0.05, 0) is 24.6 Å². The lowest BCUT2D eigenvalue weighted by atomic mass is 10.2. The summed E-state index contributed by atoms with van der Waals surface area (Å²) in [5.74, 6) is 1.41. The van der Waals surface area contributed by atoms with Gasteiger partial charge in [0.1, 0.15) is 11.6 Å². The van der Waals surface area contributed by atoms with E-state index >= 15 is 0 Å². The third-order valence-electron chi connectivity index (χ3n) is 2.38. The molecule has 17 heavy (non-hydrogen) atoms. The predicted molar refractivity (Wildman–Crippen MR) is 68.8 cm³/mol. The van der Waals surface area contributed by atoms with E-state index in [0.29, 0.717) is 24.2 Å². The lowest BCUT2D eigenvalue weighted by Crippen LogP contribution is -2.28. The molecule has 1 aromatic carbocycles. The van der Waals surface area contributed by atoms with E-state index in [-0.39, 0.29) is 5.82 Å². The Balaban J connectivity index is 2.21. The second-order valence-electron chi connectivity index (χ2n) is 4.93. The van der Waals surface area contributed by atoms with Crippen molar-refractivity contribution < 1.29 is 9.13 Å². The third-order valence-corrected chi connectivity index (χ3v) is 2.38. The number of rotatable bonds is 7. The third kappa shape index (κ3) is 6.27. The van der Waals surface area contributed by atoms with Crippen molar-refractivity contribution in [1.82, 2.24) is 5.32 Å². The molecule has 2 nitrogen and oxygen atoms in total. The van der Waals surface area contributed by atoms with Gasteiger partial charge >= 0.3 is 0 Å². The van der Waals surface area contributed by atoms with Crippen LogP contribution in [0.1, 0.15) is 20.8 Å². The van der Waals surface area contributed by atoms with Crippen molar-refractivity contribution in [2.45, 2.75) is 20.8 Å². The first-order valence-corrected chi connectivity index (χ1v) is 6.17. The van der Waals surface area contributed by atoms with E-state index < -0.39 is 0 Å². The van der Waals surface area contributed by atoms with E-state index in [1.165, 1.54) is 12.1 Å². The molecule has 0 aliphatic carbocycles. The Labute approximate surface area is 103 Å². The lowest BCUT2D eigenvalue weighted by molar-refractivity contribution is 0.253. The van der Waals surface area contributed by atoms with Crippen LogP contribution in [0, 0.1) is 17.7 Å². The molecular formula is C14H22FNO. The number of hydrogen-bond acceptors (Lipinski definition) is 2. The standard InChI is InChI=1S/C14H22FNO/c1-11(2)8-16-9-12(3)10-17-14-6-4-5-13(15)7-14/h4-7,11-12,16H,8-10H2,1-3H3. The Morgan fingerprint density at radius 2 is 2.00 bits per heavy atom. The van der Waals surface area contributed by atoms with Gasteiger partial charge in [-0.3, -0.25) is 0 Å². The highest BCUT2D eigenvalue weighted by atomic mass is 19.1. The molecule has 0 aliphatic rings. The van der Waals surface area contributed by atoms with E-state index in [1.807, 2.05) is 0 Å². The molecule has 0 aliphatic heterocycles. The van der Waals surface area contributed by atoms with Crippen LogP contribution >= 0.6 is 0 Å². The number of ether oxygens (including phenoxy) is 1.